The van der Waals surface area contributed by atoms with Crippen LogP contribution in [0.1, 0.15) is 29.2 Å². The SMILES string of the molecule is COc1c(O)cc2c3c1C1(C=CC(=O)C=C1)CC3N(C)CC2. The third-order valence-electron chi connectivity index (χ3n) is 5.28. The van der Waals surface area contributed by atoms with Crippen molar-refractivity contribution in [1.29, 1.82) is 0 Å². The quantitative estimate of drug-likeness (QED) is 0.864. The van der Waals surface area contributed by atoms with Crippen molar-refractivity contribution in [2.24, 2.45) is 0 Å². The molecule has 0 radical (unpaired) electrons. The van der Waals surface area contributed by atoms with Gasteiger partial charge in [-0.1, -0.05) is 12.2 Å². The number of ketones is 1. The van der Waals surface area contributed by atoms with Crippen molar-refractivity contribution in [3.63, 3.8) is 0 Å². The Bertz CT molecular complexity index is 716. The molecule has 4 nitrogen and oxygen atoms in total. The second kappa shape index (κ2) is 4.46. The lowest BCUT2D eigenvalue weighted by Gasteiger charge is -2.32. The van der Waals surface area contributed by atoms with E-state index in [-0.39, 0.29) is 16.9 Å². The predicted molar refractivity (Wildman–Crippen MR) is 83.3 cm³/mol. The fourth-order valence-corrected chi connectivity index (χ4v) is 4.20. The Morgan fingerprint density at radius 2 is 2.09 bits per heavy atom. The van der Waals surface area contributed by atoms with E-state index < -0.39 is 0 Å². The molecule has 1 unspecified atom stereocenters. The fourth-order valence-electron chi connectivity index (χ4n) is 4.20. The lowest BCUT2D eigenvalue weighted by molar-refractivity contribution is -0.110. The molecule has 0 amide bonds. The minimum Gasteiger partial charge on any atom is -0.504 e. The third kappa shape index (κ3) is 1.64. The number of carbonyl (C=O) groups excluding carboxylic acids is 1. The van der Waals surface area contributed by atoms with Gasteiger partial charge in [0.25, 0.3) is 0 Å². The van der Waals surface area contributed by atoms with E-state index in [1.165, 1.54) is 11.1 Å². The average Bonchev–Trinajstić information content (AvgIpc) is 2.83. The Kier molecular flexibility index (Phi) is 2.76. The molecule has 0 saturated carbocycles. The maximum atomic E-state index is 11.6. The van der Waals surface area contributed by atoms with Crippen molar-refractivity contribution in [2.45, 2.75) is 24.3 Å². The van der Waals surface area contributed by atoms with Gasteiger partial charge < -0.3 is 9.84 Å². The first-order valence-electron chi connectivity index (χ1n) is 7.61. The Labute approximate surface area is 129 Å². The third-order valence-corrected chi connectivity index (χ3v) is 5.28. The maximum absolute atomic E-state index is 11.6. The van der Waals surface area contributed by atoms with Crippen LogP contribution in [0.2, 0.25) is 0 Å². The summed E-state index contributed by atoms with van der Waals surface area (Å²) >= 11 is 0. The topological polar surface area (TPSA) is 49.8 Å². The van der Waals surface area contributed by atoms with Crippen LogP contribution < -0.4 is 4.74 Å². The van der Waals surface area contributed by atoms with Crippen LogP contribution in [0.3, 0.4) is 0 Å². The average molecular weight is 297 g/mol. The number of methoxy groups -OCH3 is 1. The van der Waals surface area contributed by atoms with E-state index in [2.05, 4.69) is 11.9 Å². The summed E-state index contributed by atoms with van der Waals surface area (Å²) in [6.45, 7) is 0.977. The standard InChI is InChI=1S/C18H19NO3/c1-19-8-5-11-9-14(21)17(22-2)16-15(11)13(19)10-18(16)6-3-12(20)4-7-18/h3-4,6-7,9,13,21H,5,8,10H2,1-2H3. The van der Waals surface area contributed by atoms with Gasteiger partial charge in [0.1, 0.15) is 0 Å². The fraction of sp³-hybridized carbons (Fsp3) is 0.389. The summed E-state index contributed by atoms with van der Waals surface area (Å²) in [5.74, 6) is 0.748. The van der Waals surface area contributed by atoms with Crippen LogP contribution in [-0.4, -0.2) is 36.5 Å². The number of allylic oxidation sites excluding steroid dienone is 4. The van der Waals surface area contributed by atoms with Crippen LogP contribution in [0.15, 0.2) is 30.4 Å². The molecule has 0 aromatic heterocycles. The number of phenolic OH excluding ortho intramolecular Hbond substituents is 1. The zero-order chi connectivity index (χ0) is 15.5. The molecule has 1 aromatic rings. The molecule has 0 fully saturated rings. The number of hydrogen-bond donors (Lipinski definition) is 1. The number of aromatic hydroxyl groups is 1. The van der Waals surface area contributed by atoms with Gasteiger partial charge in [0.05, 0.1) is 7.11 Å². The molecule has 1 heterocycles. The first-order chi connectivity index (χ1) is 10.6. The monoisotopic (exact) mass is 297 g/mol. The molecule has 1 aliphatic heterocycles. The number of fused-ring (bicyclic) bond motifs is 1. The Morgan fingerprint density at radius 1 is 1.36 bits per heavy atom. The lowest BCUT2D eigenvalue weighted by Crippen LogP contribution is -2.31. The Hall–Kier alpha value is -2.07. The number of likely N-dealkylation sites (N-methyl/N-ethyl adjacent to an activating group) is 1. The smallest absolute Gasteiger partial charge is 0.178 e. The van der Waals surface area contributed by atoms with Gasteiger partial charge in [-0.25, -0.2) is 0 Å². The number of hydrogen-bond acceptors (Lipinski definition) is 4. The molecule has 22 heavy (non-hydrogen) atoms. The first-order valence-corrected chi connectivity index (χ1v) is 7.61. The normalized spacial score (nSPS) is 24.8. The van der Waals surface area contributed by atoms with Gasteiger partial charge in [-0.2, -0.15) is 0 Å². The molecule has 114 valence electrons. The van der Waals surface area contributed by atoms with Gasteiger partial charge in [0.15, 0.2) is 17.3 Å². The highest BCUT2D eigenvalue weighted by Crippen LogP contribution is 2.57. The van der Waals surface area contributed by atoms with E-state index in [1.807, 2.05) is 18.2 Å². The zero-order valence-electron chi connectivity index (χ0n) is 12.8. The van der Waals surface area contributed by atoms with Crippen LogP contribution >= 0.6 is 0 Å². The highest BCUT2D eigenvalue weighted by molar-refractivity contribution is 6.01. The first kappa shape index (κ1) is 13.6. The van der Waals surface area contributed by atoms with Crippen LogP contribution in [-0.2, 0) is 16.6 Å². The van der Waals surface area contributed by atoms with E-state index in [0.29, 0.717) is 11.8 Å². The molecule has 1 spiro atoms. The summed E-state index contributed by atoms with van der Waals surface area (Å²) in [4.78, 5) is 13.9. The van der Waals surface area contributed by atoms with E-state index in [9.17, 15) is 9.90 Å². The highest BCUT2D eigenvalue weighted by atomic mass is 16.5. The molecule has 0 saturated heterocycles. The van der Waals surface area contributed by atoms with E-state index in [4.69, 9.17) is 4.74 Å². The van der Waals surface area contributed by atoms with Gasteiger partial charge in [-0.15, -0.1) is 0 Å². The zero-order valence-corrected chi connectivity index (χ0v) is 12.8. The molecular formula is C18H19NO3. The molecule has 1 aromatic carbocycles. The molecular weight excluding hydrogens is 278 g/mol. The van der Waals surface area contributed by atoms with Crippen molar-refractivity contribution >= 4 is 5.78 Å². The molecule has 2 aliphatic carbocycles. The van der Waals surface area contributed by atoms with E-state index >= 15 is 0 Å². The van der Waals surface area contributed by atoms with E-state index in [0.717, 1.165) is 24.9 Å². The maximum Gasteiger partial charge on any atom is 0.178 e. The Morgan fingerprint density at radius 3 is 2.77 bits per heavy atom. The summed E-state index contributed by atoms with van der Waals surface area (Å²) in [6.07, 6.45) is 9.01. The van der Waals surface area contributed by atoms with Crippen molar-refractivity contribution in [3.8, 4) is 11.5 Å². The lowest BCUT2D eigenvalue weighted by atomic mass is 9.77. The molecule has 1 N–H and O–H groups in total. The number of nitrogens with zero attached hydrogens (tertiary/aromatic N) is 1. The molecule has 4 heteroatoms. The van der Waals surface area contributed by atoms with Crippen molar-refractivity contribution < 1.29 is 14.6 Å². The van der Waals surface area contributed by atoms with Gasteiger partial charge in [-0.05, 0) is 49.2 Å². The minimum atomic E-state index is -0.356. The van der Waals surface area contributed by atoms with Gasteiger partial charge >= 0.3 is 0 Å². The second-order valence-corrected chi connectivity index (χ2v) is 6.44. The summed E-state index contributed by atoms with van der Waals surface area (Å²) in [5.41, 5.74) is 3.14. The van der Waals surface area contributed by atoms with Crippen molar-refractivity contribution in [3.05, 3.63) is 47.1 Å². The van der Waals surface area contributed by atoms with Crippen LogP contribution in [0.5, 0.6) is 11.5 Å². The van der Waals surface area contributed by atoms with Crippen LogP contribution in [0.4, 0.5) is 0 Å². The summed E-state index contributed by atoms with van der Waals surface area (Å²) in [6, 6.07) is 2.15. The van der Waals surface area contributed by atoms with Crippen LogP contribution in [0, 0.1) is 0 Å². The molecule has 3 aliphatic rings. The van der Waals surface area contributed by atoms with Crippen molar-refractivity contribution in [2.75, 3.05) is 20.7 Å². The number of phenols is 1. The highest BCUT2D eigenvalue weighted by Gasteiger charge is 2.48. The second-order valence-electron chi connectivity index (χ2n) is 6.44. The number of ether oxygens (including phenoxy) is 1. The minimum absolute atomic E-state index is 0.0122. The molecule has 1 atom stereocenters. The summed E-state index contributed by atoms with van der Waals surface area (Å²) in [5, 5.41) is 10.4. The number of carbonyl (C=O) groups is 1. The molecule has 4 rings (SSSR count). The van der Waals surface area contributed by atoms with Crippen LogP contribution in [0.25, 0.3) is 0 Å². The largest absolute Gasteiger partial charge is 0.504 e. The Balaban J connectivity index is 2.02. The van der Waals surface area contributed by atoms with Crippen molar-refractivity contribution in [1.82, 2.24) is 4.90 Å². The summed E-state index contributed by atoms with van der Waals surface area (Å²) in [7, 11) is 3.73. The van der Waals surface area contributed by atoms with Gasteiger partial charge in [-0.3, -0.25) is 9.69 Å². The number of benzene rings is 1. The van der Waals surface area contributed by atoms with E-state index in [1.54, 1.807) is 19.3 Å². The number of rotatable bonds is 1. The summed E-state index contributed by atoms with van der Waals surface area (Å²) < 4.78 is 5.53. The predicted octanol–water partition coefficient (Wildman–Crippen LogP) is 2.27. The molecule has 0 bridgehead atoms. The van der Waals surface area contributed by atoms with Gasteiger partial charge in [0, 0.05) is 23.6 Å². The van der Waals surface area contributed by atoms with Gasteiger partial charge in [0.2, 0.25) is 0 Å².